The summed E-state index contributed by atoms with van der Waals surface area (Å²) in [6.07, 6.45) is -0.428. The van der Waals surface area contributed by atoms with E-state index in [-0.39, 0.29) is 6.04 Å². The summed E-state index contributed by atoms with van der Waals surface area (Å²) < 4.78 is 10.8. The molecule has 6 heteroatoms. The van der Waals surface area contributed by atoms with Crippen LogP contribution < -0.4 is 11.1 Å². The van der Waals surface area contributed by atoms with Crippen molar-refractivity contribution in [2.75, 3.05) is 20.1 Å². The molecule has 0 aliphatic rings. The van der Waals surface area contributed by atoms with Crippen molar-refractivity contribution in [3.05, 3.63) is 23.7 Å². The number of aryl methyl sites for hydroxylation is 1. The van der Waals surface area contributed by atoms with Gasteiger partial charge in [0.15, 0.2) is 0 Å². The number of likely N-dealkylation sites (N-methyl/N-ethyl adjacent to an activating group) is 1. The number of nitrogens with one attached hydrogen (secondary N) is 1. The Labute approximate surface area is 126 Å². The zero-order chi connectivity index (χ0) is 16.0. The van der Waals surface area contributed by atoms with Crippen LogP contribution in [-0.4, -0.2) is 42.8 Å². The molecule has 0 radical (unpaired) electrons. The molecule has 1 atom stereocenters. The topological polar surface area (TPSA) is 80.7 Å². The van der Waals surface area contributed by atoms with E-state index < -0.39 is 11.7 Å². The van der Waals surface area contributed by atoms with Gasteiger partial charge in [-0.2, -0.15) is 0 Å². The van der Waals surface area contributed by atoms with Crippen molar-refractivity contribution in [2.24, 2.45) is 5.73 Å². The molecule has 0 aliphatic carbocycles. The van der Waals surface area contributed by atoms with Crippen molar-refractivity contribution >= 4 is 6.09 Å². The van der Waals surface area contributed by atoms with Crippen molar-refractivity contribution in [1.29, 1.82) is 0 Å². The number of carbonyl (C=O) groups is 1. The molecule has 120 valence electrons. The number of amides is 1. The minimum absolute atomic E-state index is 0.0166. The molecule has 21 heavy (non-hydrogen) atoms. The first-order valence-corrected chi connectivity index (χ1v) is 7.13. The normalized spacial score (nSPS) is 13.3. The van der Waals surface area contributed by atoms with Crippen LogP contribution in [0.15, 0.2) is 16.5 Å². The highest BCUT2D eigenvalue weighted by Crippen LogP contribution is 2.10. The quantitative estimate of drug-likeness (QED) is 0.838. The van der Waals surface area contributed by atoms with Crippen LogP contribution in [0.4, 0.5) is 4.79 Å². The van der Waals surface area contributed by atoms with Gasteiger partial charge in [0.25, 0.3) is 0 Å². The lowest BCUT2D eigenvalue weighted by molar-refractivity contribution is 0.0510. The van der Waals surface area contributed by atoms with Gasteiger partial charge in [-0.1, -0.05) is 0 Å². The molecule has 0 saturated heterocycles. The number of furan rings is 1. The number of carbonyl (C=O) groups excluding carboxylic acids is 1. The maximum Gasteiger partial charge on any atom is 0.407 e. The number of hydrogen-bond acceptors (Lipinski definition) is 5. The Kier molecular flexibility index (Phi) is 6.23. The van der Waals surface area contributed by atoms with Gasteiger partial charge in [0.2, 0.25) is 0 Å². The van der Waals surface area contributed by atoms with Crippen LogP contribution in [0.3, 0.4) is 0 Å². The number of rotatable bonds is 6. The fraction of sp³-hybridized carbons (Fsp3) is 0.667. The van der Waals surface area contributed by atoms with Crippen LogP contribution in [0.2, 0.25) is 0 Å². The van der Waals surface area contributed by atoms with E-state index in [0.717, 1.165) is 11.5 Å². The van der Waals surface area contributed by atoms with E-state index in [1.165, 1.54) is 0 Å². The van der Waals surface area contributed by atoms with Gasteiger partial charge >= 0.3 is 6.09 Å². The molecule has 0 saturated carbocycles. The van der Waals surface area contributed by atoms with Crippen LogP contribution in [0.1, 0.15) is 32.3 Å². The lowest BCUT2D eigenvalue weighted by Crippen LogP contribution is -2.46. The third-order valence-electron chi connectivity index (χ3n) is 2.98. The average Bonchev–Trinajstić information content (AvgIpc) is 2.73. The fourth-order valence-electron chi connectivity index (χ4n) is 1.88. The molecule has 0 bridgehead atoms. The molecule has 1 unspecified atom stereocenters. The molecule has 0 aromatic carbocycles. The third kappa shape index (κ3) is 6.64. The van der Waals surface area contributed by atoms with Gasteiger partial charge in [0.1, 0.15) is 17.1 Å². The lowest BCUT2D eigenvalue weighted by Gasteiger charge is -2.27. The first kappa shape index (κ1) is 17.5. The average molecular weight is 297 g/mol. The van der Waals surface area contributed by atoms with E-state index in [9.17, 15) is 4.79 Å². The first-order valence-electron chi connectivity index (χ1n) is 7.13. The SMILES string of the molecule is Cc1ccc(CN(C)C(CN)CNC(=O)OC(C)(C)C)o1. The molecule has 0 spiro atoms. The summed E-state index contributed by atoms with van der Waals surface area (Å²) in [5.74, 6) is 1.76. The van der Waals surface area contributed by atoms with Gasteiger partial charge < -0.3 is 20.2 Å². The molecule has 1 heterocycles. The summed E-state index contributed by atoms with van der Waals surface area (Å²) in [5, 5.41) is 2.75. The molecule has 1 aromatic heterocycles. The summed E-state index contributed by atoms with van der Waals surface area (Å²) >= 11 is 0. The molecule has 1 amide bonds. The van der Waals surface area contributed by atoms with Crippen molar-refractivity contribution in [3.8, 4) is 0 Å². The predicted octanol–water partition coefficient (Wildman–Crippen LogP) is 1.87. The van der Waals surface area contributed by atoms with E-state index in [1.807, 2.05) is 46.9 Å². The van der Waals surface area contributed by atoms with E-state index in [2.05, 4.69) is 10.2 Å². The molecular weight excluding hydrogens is 270 g/mol. The highest BCUT2D eigenvalue weighted by atomic mass is 16.6. The minimum atomic E-state index is -0.500. The number of nitrogens with two attached hydrogens (primary N) is 1. The summed E-state index contributed by atoms with van der Waals surface area (Å²) in [4.78, 5) is 13.7. The summed E-state index contributed by atoms with van der Waals surface area (Å²) in [7, 11) is 1.95. The monoisotopic (exact) mass is 297 g/mol. The van der Waals surface area contributed by atoms with E-state index in [1.54, 1.807) is 0 Å². The third-order valence-corrected chi connectivity index (χ3v) is 2.98. The second kappa shape index (κ2) is 7.47. The summed E-state index contributed by atoms with van der Waals surface area (Å²) in [5.41, 5.74) is 5.28. The fourth-order valence-corrected chi connectivity index (χ4v) is 1.88. The second-order valence-electron chi connectivity index (χ2n) is 6.20. The lowest BCUT2D eigenvalue weighted by atomic mass is 10.2. The van der Waals surface area contributed by atoms with Gasteiger partial charge in [-0.05, 0) is 46.9 Å². The van der Waals surface area contributed by atoms with E-state index >= 15 is 0 Å². The van der Waals surface area contributed by atoms with E-state index in [4.69, 9.17) is 14.9 Å². The second-order valence-corrected chi connectivity index (χ2v) is 6.20. The Balaban J connectivity index is 2.45. The standard InChI is InChI=1S/C15H27N3O3/c1-11-6-7-13(20-11)10-18(5)12(8-16)9-17-14(19)21-15(2,3)4/h6-7,12H,8-10,16H2,1-5H3,(H,17,19). The molecule has 1 rings (SSSR count). The Morgan fingerprint density at radius 2 is 2.14 bits per heavy atom. The highest BCUT2D eigenvalue weighted by Gasteiger charge is 2.19. The zero-order valence-corrected chi connectivity index (χ0v) is 13.6. The Morgan fingerprint density at radius 3 is 2.62 bits per heavy atom. The van der Waals surface area contributed by atoms with Crippen LogP contribution >= 0.6 is 0 Å². The van der Waals surface area contributed by atoms with Gasteiger partial charge in [-0.15, -0.1) is 0 Å². The molecule has 1 aromatic rings. The molecular formula is C15H27N3O3. The van der Waals surface area contributed by atoms with Gasteiger partial charge in [0.05, 0.1) is 6.54 Å². The maximum atomic E-state index is 11.7. The summed E-state index contributed by atoms with van der Waals surface area (Å²) in [6.45, 7) is 8.92. The molecule has 0 aliphatic heterocycles. The van der Waals surface area contributed by atoms with Crippen molar-refractivity contribution in [2.45, 2.75) is 45.9 Å². The van der Waals surface area contributed by atoms with Gasteiger partial charge in [0, 0.05) is 19.1 Å². The Bertz CT molecular complexity index is 451. The smallest absolute Gasteiger partial charge is 0.407 e. The van der Waals surface area contributed by atoms with Crippen molar-refractivity contribution in [1.82, 2.24) is 10.2 Å². The first-order chi connectivity index (χ1) is 9.71. The van der Waals surface area contributed by atoms with Gasteiger partial charge in [-0.25, -0.2) is 4.79 Å². The Morgan fingerprint density at radius 1 is 1.48 bits per heavy atom. The Hall–Kier alpha value is -1.53. The number of ether oxygens (including phenoxy) is 1. The largest absolute Gasteiger partial charge is 0.465 e. The molecule has 3 N–H and O–H groups in total. The van der Waals surface area contributed by atoms with Crippen LogP contribution in [0, 0.1) is 6.92 Å². The maximum absolute atomic E-state index is 11.7. The molecule has 6 nitrogen and oxygen atoms in total. The van der Waals surface area contributed by atoms with E-state index in [0.29, 0.717) is 19.6 Å². The number of nitrogens with zero attached hydrogens (tertiary/aromatic N) is 1. The summed E-state index contributed by atoms with van der Waals surface area (Å²) in [6, 6.07) is 3.89. The minimum Gasteiger partial charge on any atom is -0.465 e. The predicted molar refractivity (Wildman–Crippen MR) is 82.0 cm³/mol. The highest BCUT2D eigenvalue weighted by molar-refractivity contribution is 5.67. The van der Waals surface area contributed by atoms with Crippen molar-refractivity contribution in [3.63, 3.8) is 0 Å². The number of hydrogen-bond donors (Lipinski definition) is 2. The van der Waals surface area contributed by atoms with Gasteiger partial charge in [-0.3, -0.25) is 4.90 Å². The molecule has 0 fully saturated rings. The van der Waals surface area contributed by atoms with Crippen LogP contribution in [-0.2, 0) is 11.3 Å². The van der Waals surface area contributed by atoms with Crippen LogP contribution in [0.25, 0.3) is 0 Å². The van der Waals surface area contributed by atoms with Crippen molar-refractivity contribution < 1.29 is 13.9 Å². The zero-order valence-electron chi connectivity index (χ0n) is 13.6. The van der Waals surface area contributed by atoms with Crippen LogP contribution in [0.5, 0.6) is 0 Å². The number of alkyl carbamates (subject to hydrolysis) is 1.